The minimum Gasteiger partial charge on any atom is -0.369 e. The second-order valence-electron chi connectivity index (χ2n) is 5.27. The molecule has 8 heteroatoms. The molecule has 1 aliphatic rings. The third-order valence-electron chi connectivity index (χ3n) is 3.62. The van der Waals surface area contributed by atoms with Gasteiger partial charge >= 0.3 is 6.03 Å². The van der Waals surface area contributed by atoms with Crippen molar-refractivity contribution in [3.05, 3.63) is 35.0 Å². The summed E-state index contributed by atoms with van der Waals surface area (Å²) in [5.74, 6) is 2.81. The molecule has 1 aliphatic heterocycles. The summed E-state index contributed by atoms with van der Waals surface area (Å²) in [6, 6.07) is 5.26. The van der Waals surface area contributed by atoms with Crippen LogP contribution in [0, 0.1) is 6.92 Å². The SMILES string of the molecule is Cc1cn[nH]c1NC(=O)Nc1ccc(N2CCSCC2)c(Cl)c1. The van der Waals surface area contributed by atoms with Crippen molar-refractivity contribution in [3.8, 4) is 0 Å². The molecule has 23 heavy (non-hydrogen) atoms. The lowest BCUT2D eigenvalue weighted by atomic mass is 10.2. The van der Waals surface area contributed by atoms with Gasteiger partial charge in [-0.3, -0.25) is 10.4 Å². The molecule has 1 saturated heterocycles. The Morgan fingerprint density at radius 1 is 1.35 bits per heavy atom. The van der Waals surface area contributed by atoms with Crippen LogP contribution in [-0.4, -0.2) is 40.8 Å². The highest BCUT2D eigenvalue weighted by molar-refractivity contribution is 7.99. The number of aromatic amines is 1. The molecule has 1 fully saturated rings. The minimum absolute atomic E-state index is 0.337. The van der Waals surface area contributed by atoms with Gasteiger partial charge in [0.15, 0.2) is 0 Å². The van der Waals surface area contributed by atoms with Gasteiger partial charge in [0.25, 0.3) is 0 Å². The first-order chi connectivity index (χ1) is 11.1. The standard InChI is InChI=1S/C15H18ClN5OS/c1-10-9-17-20-14(10)19-15(22)18-11-2-3-13(12(16)8-11)21-4-6-23-7-5-21/h2-3,8-9H,4-7H2,1H3,(H3,17,18,19,20,22). The number of hydrogen-bond donors (Lipinski definition) is 3. The lowest BCUT2D eigenvalue weighted by molar-refractivity contribution is 0.262. The van der Waals surface area contributed by atoms with Gasteiger partial charge in [-0.15, -0.1) is 0 Å². The number of amides is 2. The van der Waals surface area contributed by atoms with Crippen molar-refractivity contribution < 1.29 is 4.79 Å². The zero-order chi connectivity index (χ0) is 16.2. The first-order valence-electron chi connectivity index (χ1n) is 7.34. The monoisotopic (exact) mass is 351 g/mol. The Bertz CT molecular complexity index is 699. The first kappa shape index (κ1) is 16.0. The predicted octanol–water partition coefficient (Wildman–Crippen LogP) is 3.57. The Labute approximate surface area is 144 Å². The molecule has 0 saturated carbocycles. The largest absolute Gasteiger partial charge is 0.369 e. The van der Waals surface area contributed by atoms with Gasteiger partial charge < -0.3 is 10.2 Å². The molecule has 0 spiro atoms. The van der Waals surface area contributed by atoms with E-state index in [-0.39, 0.29) is 6.03 Å². The molecule has 6 nitrogen and oxygen atoms in total. The minimum atomic E-state index is -0.337. The molecule has 2 aromatic rings. The summed E-state index contributed by atoms with van der Waals surface area (Å²) in [5, 5.41) is 12.7. The van der Waals surface area contributed by atoms with Gasteiger partial charge in [-0.05, 0) is 25.1 Å². The average molecular weight is 352 g/mol. The highest BCUT2D eigenvalue weighted by atomic mass is 35.5. The maximum absolute atomic E-state index is 12.0. The topological polar surface area (TPSA) is 73.0 Å². The molecular formula is C15H18ClN5OS. The zero-order valence-electron chi connectivity index (χ0n) is 12.7. The second-order valence-corrected chi connectivity index (χ2v) is 6.90. The summed E-state index contributed by atoms with van der Waals surface area (Å²) in [5.41, 5.74) is 2.54. The van der Waals surface area contributed by atoms with Crippen LogP contribution < -0.4 is 15.5 Å². The van der Waals surface area contributed by atoms with Crippen LogP contribution in [0.25, 0.3) is 0 Å². The Morgan fingerprint density at radius 3 is 2.78 bits per heavy atom. The lowest BCUT2D eigenvalue weighted by Crippen LogP contribution is -2.32. The fourth-order valence-electron chi connectivity index (χ4n) is 2.39. The van der Waals surface area contributed by atoms with Crippen molar-refractivity contribution in [2.45, 2.75) is 6.92 Å². The number of hydrogen-bond acceptors (Lipinski definition) is 4. The Morgan fingerprint density at radius 2 is 2.13 bits per heavy atom. The van der Waals surface area contributed by atoms with Crippen LogP contribution in [0.2, 0.25) is 5.02 Å². The number of H-pyrrole nitrogens is 1. The maximum atomic E-state index is 12.0. The van der Waals surface area contributed by atoms with Crippen LogP contribution in [0.3, 0.4) is 0 Å². The van der Waals surface area contributed by atoms with Crippen LogP contribution in [0.4, 0.5) is 22.0 Å². The molecule has 0 aliphatic carbocycles. The fourth-order valence-corrected chi connectivity index (χ4v) is 3.60. The number of nitrogens with zero attached hydrogens (tertiary/aromatic N) is 2. The Kier molecular flexibility index (Phi) is 4.97. The zero-order valence-corrected chi connectivity index (χ0v) is 14.3. The molecule has 0 unspecified atom stereocenters. The number of carbonyl (C=O) groups is 1. The van der Waals surface area contributed by atoms with Gasteiger partial charge in [0.1, 0.15) is 5.82 Å². The number of carbonyl (C=O) groups excluding carboxylic acids is 1. The van der Waals surface area contributed by atoms with Gasteiger partial charge in [-0.1, -0.05) is 11.6 Å². The Balaban J connectivity index is 1.65. The van der Waals surface area contributed by atoms with E-state index in [4.69, 9.17) is 11.6 Å². The van der Waals surface area contributed by atoms with E-state index in [2.05, 4.69) is 25.7 Å². The van der Waals surface area contributed by atoms with Gasteiger partial charge in [0.2, 0.25) is 0 Å². The number of benzene rings is 1. The number of aryl methyl sites for hydroxylation is 1. The average Bonchev–Trinajstić information content (AvgIpc) is 2.93. The van der Waals surface area contributed by atoms with E-state index in [9.17, 15) is 4.79 Å². The normalized spacial score (nSPS) is 14.6. The maximum Gasteiger partial charge on any atom is 0.324 e. The molecule has 1 aromatic heterocycles. The van der Waals surface area contributed by atoms with E-state index in [0.29, 0.717) is 16.5 Å². The number of urea groups is 1. The molecule has 0 radical (unpaired) electrons. The molecule has 1 aromatic carbocycles. The van der Waals surface area contributed by atoms with Crippen molar-refractivity contribution in [3.63, 3.8) is 0 Å². The van der Waals surface area contributed by atoms with Crippen LogP contribution in [-0.2, 0) is 0 Å². The number of aromatic nitrogens is 2. The molecule has 2 heterocycles. The highest BCUT2D eigenvalue weighted by Gasteiger charge is 2.15. The summed E-state index contributed by atoms with van der Waals surface area (Å²) in [4.78, 5) is 14.3. The molecule has 3 N–H and O–H groups in total. The third kappa shape index (κ3) is 3.92. The number of rotatable bonds is 3. The fraction of sp³-hybridized carbons (Fsp3) is 0.333. The third-order valence-corrected chi connectivity index (χ3v) is 4.87. The number of anilines is 3. The van der Waals surface area contributed by atoms with Gasteiger partial charge in [0.05, 0.1) is 16.9 Å². The molecule has 0 bridgehead atoms. The van der Waals surface area contributed by atoms with Crippen LogP contribution >= 0.6 is 23.4 Å². The van der Waals surface area contributed by atoms with E-state index < -0.39 is 0 Å². The van der Waals surface area contributed by atoms with E-state index >= 15 is 0 Å². The van der Waals surface area contributed by atoms with Crippen LogP contribution in [0.1, 0.15) is 5.56 Å². The smallest absolute Gasteiger partial charge is 0.324 e. The lowest BCUT2D eigenvalue weighted by Gasteiger charge is -2.29. The van der Waals surface area contributed by atoms with Crippen molar-refractivity contribution in [2.75, 3.05) is 40.1 Å². The van der Waals surface area contributed by atoms with Crippen LogP contribution in [0.5, 0.6) is 0 Å². The predicted molar refractivity (Wildman–Crippen MR) is 97.0 cm³/mol. The van der Waals surface area contributed by atoms with E-state index in [1.165, 1.54) is 0 Å². The summed E-state index contributed by atoms with van der Waals surface area (Å²) in [7, 11) is 0. The molecular weight excluding hydrogens is 334 g/mol. The first-order valence-corrected chi connectivity index (χ1v) is 8.87. The van der Waals surface area contributed by atoms with Crippen molar-refractivity contribution >= 4 is 46.6 Å². The van der Waals surface area contributed by atoms with E-state index in [0.717, 1.165) is 35.8 Å². The van der Waals surface area contributed by atoms with Crippen LogP contribution in [0.15, 0.2) is 24.4 Å². The van der Waals surface area contributed by atoms with Gasteiger partial charge in [-0.2, -0.15) is 16.9 Å². The van der Waals surface area contributed by atoms with E-state index in [1.54, 1.807) is 12.3 Å². The Hall–Kier alpha value is -1.86. The van der Waals surface area contributed by atoms with E-state index in [1.807, 2.05) is 30.8 Å². The van der Waals surface area contributed by atoms with Gasteiger partial charge in [-0.25, -0.2) is 4.79 Å². The quantitative estimate of drug-likeness (QED) is 0.790. The van der Waals surface area contributed by atoms with Gasteiger partial charge in [0, 0.05) is 35.8 Å². The molecule has 0 atom stereocenters. The summed E-state index contributed by atoms with van der Waals surface area (Å²) >= 11 is 8.33. The highest BCUT2D eigenvalue weighted by Crippen LogP contribution is 2.30. The summed E-state index contributed by atoms with van der Waals surface area (Å²) in [6.07, 6.45) is 1.65. The molecule has 3 rings (SSSR count). The summed E-state index contributed by atoms with van der Waals surface area (Å²) in [6.45, 7) is 3.86. The second kappa shape index (κ2) is 7.14. The molecule has 122 valence electrons. The van der Waals surface area contributed by atoms with Crippen molar-refractivity contribution in [2.24, 2.45) is 0 Å². The van der Waals surface area contributed by atoms with Crippen molar-refractivity contribution in [1.82, 2.24) is 10.2 Å². The number of nitrogens with one attached hydrogen (secondary N) is 3. The van der Waals surface area contributed by atoms with Crippen molar-refractivity contribution in [1.29, 1.82) is 0 Å². The summed E-state index contributed by atoms with van der Waals surface area (Å²) < 4.78 is 0. The number of thioether (sulfide) groups is 1. The molecule has 2 amide bonds. The number of halogens is 1.